The van der Waals surface area contributed by atoms with Crippen molar-refractivity contribution >= 4 is 5.97 Å². The van der Waals surface area contributed by atoms with Crippen molar-refractivity contribution in [3.8, 4) is 0 Å². The minimum absolute atomic E-state index is 0.00505. The van der Waals surface area contributed by atoms with Gasteiger partial charge >= 0.3 is 5.97 Å². The van der Waals surface area contributed by atoms with E-state index in [0.717, 1.165) is 12.0 Å². The number of esters is 1. The lowest BCUT2D eigenvalue weighted by atomic mass is 9.90. The monoisotopic (exact) mass is 710 g/mol. The second-order valence-electron chi connectivity index (χ2n) is 14.2. The highest BCUT2D eigenvalue weighted by Gasteiger charge is 2.49. The van der Waals surface area contributed by atoms with Crippen LogP contribution in [0.2, 0.25) is 0 Å². The maximum absolute atomic E-state index is 13.3. The van der Waals surface area contributed by atoms with Crippen LogP contribution in [0.1, 0.15) is 115 Å². The van der Waals surface area contributed by atoms with E-state index in [0.29, 0.717) is 39.1 Å². The van der Waals surface area contributed by atoms with Crippen molar-refractivity contribution in [2.75, 3.05) is 19.8 Å². The molecule has 0 spiro atoms. The lowest BCUT2D eigenvalue weighted by Gasteiger charge is -2.30. The van der Waals surface area contributed by atoms with Gasteiger partial charge in [0.05, 0.1) is 42.5 Å². The molecule has 290 valence electrons. The van der Waals surface area contributed by atoms with Crippen LogP contribution in [0.15, 0.2) is 36.0 Å². The fourth-order valence-corrected chi connectivity index (χ4v) is 6.76. The number of carbonyl (C=O) groups is 1. The minimum atomic E-state index is -0.692. The fraction of sp³-hybridized carbons (Fsp3) is 0.825. The van der Waals surface area contributed by atoms with Crippen molar-refractivity contribution in [3.05, 3.63) is 36.0 Å². The van der Waals surface area contributed by atoms with Crippen LogP contribution in [0.3, 0.4) is 0 Å². The standard InChI is InChI=1S/C40H70O10/c1-13-35(47-31(10)44-15-3)29(8)39-36(48-39)25-40(12,50-32(11)45-16-4)23-17-18-27(6)38-28(7)20-22-34(41)26(5)19-21-33(24-37(42)49-38)46-30(9)43-14-2/h17-18,20,22-23,26,28-36,38-39,41H,13-16,19,21,24-25H2,1-12H3. The molecule has 1 N–H and O–H groups in total. The average molecular weight is 711 g/mol. The topological polar surface area (TPSA) is 114 Å². The molecule has 0 aliphatic carbocycles. The van der Waals surface area contributed by atoms with Crippen LogP contribution in [-0.4, -0.2) is 92.0 Å². The van der Waals surface area contributed by atoms with Gasteiger partial charge in [-0.2, -0.15) is 0 Å². The van der Waals surface area contributed by atoms with Crippen molar-refractivity contribution in [2.24, 2.45) is 17.8 Å². The number of carbonyl (C=O) groups excluding carboxylic acids is 1. The first kappa shape index (κ1) is 44.5. The van der Waals surface area contributed by atoms with Crippen molar-refractivity contribution < 1.29 is 47.8 Å². The Hall–Kier alpha value is -1.63. The molecule has 0 aromatic carbocycles. The summed E-state index contributed by atoms with van der Waals surface area (Å²) in [5.41, 5.74) is 0.176. The molecular weight excluding hydrogens is 640 g/mol. The summed E-state index contributed by atoms with van der Waals surface area (Å²) in [6.07, 6.45) is 10.1. The molecule has 2 rings (SSSR count). The zero-order valence-electron chi connectivity index (χ0n) is 33.1. The largest absolute Gasteiger partial charge is 0.457 e. The second-order valence-corrected chi connectivity index (χ2v) is 14.2. The van der Waals surface area contributed by atoms with E-state index in [4.69, 9.17) is 37.9 Å². The van der Waals surface area contributed by atoms with Gasteiger partial charge in [-0.15, -0.1) is 0 Å². The molecule has 1 saturated heterocycles. The third-order valence-corrected chi connectivity index (χ3v) is 9.65. The predicted octanol–water partition coefficient (Wildman–Crippen LogP) is 7.67. The van der Waals surface area contributed by atoms with Crippen molar-refractivity contribution in [3.63, 3.8) is 0 Å². The van der Waals surface area contributed by atoms with Gasteiger partial charge in [0.2, 0.25) is 0 Å². The summed E-state index contributed by atoms with van der Waals surface area (Å²) < 4.78 is 48.0. The molecule has 50 heavy (non-hydrogen) atoms. The number of rotatable bonds is 20. The van der Waals surface area contributed by atoms with Gasteiger partial charge in [0.25, 0.3) is 0 Å². The Morgan fingerprint density at radius 1 is 0.980 bits per heavy atom. The molecule has 2 aliphatic heterocycles. The van der Waals surface area contributed by atoms with Crippen LogP contribution in [0.5, 0.6) is 0 Å². The number of ether oxygens (including phenoxy) is 8. The Labute approximate surface area is 303 Å². The summed E-state index contributed by atoms with van der Waals surface area (Å²) in [6.45, 7) is 25.5. The molecule has 1 fully saturated rings. The number of epoxide rings is 1. The summed E-state index contributed by atoms with van der Waals surface area (Å²) in [5.74, 6) is -0.307. The van der Waals surface area contributed by atoms with Gasteiger partial charge in [0.15, 0.2) is 18.9 Å². The van der Waals surface area contributed by atoms with Gasteiger partial charge in [0, 0.05) is 38.1 Å². The Morgan fingerprint density at radius 2 is 1.62 bits per heavy atom. The van der Waals surface area contributed by atoms with E-state index < -0.39 is 30.4 Å². The summed E-state index contributed by atoms with van der Waals surface area (Å²) >= 11 is 0. The first-order chi connectivity index (χ1) is 23.7. The molecule has 2 heterocycles. The van der Waals surface area contributed by atoms with E-state index >= 15 is 0 Å². The molecule has 0 aromatic heterocycles. The normalized spacial score (nSPS) is 31.2. The van der Waals surface area contributed by atoms with Gasteiger partial charge < -0.3 is 43.0 Å². The number of cyclic esters (lactones) is 1. The Balaban J connectivity index is 2.26. The second kappa shape index (κ2) is 22.4. The van der Waals surface area contributed by atoms with Crippen LogP contribution in [0.25, 0.3) is 0 Å². The first-order valence-electron chi connectivity index (χ1n) is 19.1. The molecule has 0 aromatic rings. The fourth-order valence-electron chi connectivity index (χ4n) is 6.76. The number of hydrogen-bond donors (Lipinski definition) is 1. The van der Waals surface area contributed by atoms with Crippen molar-refractivity contribution in [1.29, 1.82) is 0 Å². The highest BCUT2D eigenvalue weighted by Crippen LogP contribution is 2.40. The summed E-state index contributed by atoms with van der Waals surface area (Å²) in [5, 5.41) is 10.9. The molecule has 0 radical (unpaired) electrons. The molecule has 2 aliphatic rings. The van der Waals surface area contributed by atoms with E-state index in [2.05, 4.69) is 13.8 Å². The van der Waals surface area contributed by atoms with E-state index in [1.807, 2.05) is 99.6 Å². The van der Waals surface area contributed by atoms with Crippen molar-refractivity contribution in [1.82, 2.24) is 0 Å². The molecule has 10 heteroatoms. The molecule has 13 unspecified atom stereocenters. The van der Waals surface area contributed by atoms with Crippen LogP contribution in [0, 0.1) is 17.8 Å². The number of aliphatic hydroxyl groups is 1. The predicted molar refractivity (Wildman–Crippen MR) is 195 cm³/mol. The lowest BCUT2D eigenvalue weighted by molar-refractivity contribution is -0.181. The number of hydrogen-bond acceptors (Lipinski definition) is 10. The third kappa shape index (κ3) is 15.5. The smallest absolute Gasteiger partial charge is 0.309 e. The van der Waals surface area contributed by atoms with E-state index in [1.54, 1.807) is 0 Å². The molecule has 0 bridgehead atoms. The first-order valence-corrected chi connectivity index (χ1v) is 19.1. The maximum Gasteiger partial charge on any atom is 0.309 e. The molecule has 10 nitrogen and oxygen atoms in total. The number of aliphatic hydroxyl groups excluding tert-OH is 1. The summed E-state index contributed by atoms with van der Waals surface area (Å²) in [6, 6.07) is 0. The Kier molecular flexibility index (Phi) is 20.0. The SMILES string of the molecule is CCOC(C)OC1CCC(C)C(O)C=CC(C)C(C(C)=CC=CC(C)(CC2OC2C(C)C(CC)OC(C)OCC)OC(C)OCC)OC(=O)C1. The van der Waals surface area contributed by atoms with Crippen LogP contribution in [-0.2, 0) is 42.7 Å². The zero-order chi connectivity index (χ0) is 37.4. The van der Waals surface area contributed by atoms with Crippen LogP contribution >= 0.6 is 0 Å². The Morgan fingerprint density at radius 3 is 2.26 bits per heavy atom. The van der Waals surface area contributed by atoms with E-state index in [-0.39, 0.29) is 60.8 Å². The van der Waals surface area contributed by atoms with E-state index in [1.165, 1.54) is 0 Å². The van der Waals surface area contributed by atoms with Crippen LogP contribution < -0.4 is 0 Å². The summed E-state index contributed by atoms with van der Waals surface area (Å²) in [4.78, 5) is 13.3. The minimum Gasteiger partial charge on any atom is -0.457 e. The summed E-state index contributed by atoms with van der Waals surface area (Å²) in [7, 11) is 0. The molecule has 0 saturated carbocycles. The van der Waals surface area contributed by atoms with Gasteiger partial charge in [0.1, 0.15) is 6.10 Å². The quantitative estimate of drug-likeness (QED) is 0.0444. The number of allylic oxidation sites excluding steroid dienone is 2. The zero-order valence-corrected chi connectivity index (χ0v) is 33.1. The lowest BCUT2D eigenvalue weighted by Crippen LogP contribution is -2.35. The van der Waals surface area contributed by atoms with Crippen molar-refractivity contribution in [2.45, 2.75) is 176 Å². The van der Waals surface area contributed by atoms with Gasteiger partial charge in [-0.25, -0.2) is 0 Å². The average Bonchev–Trinajstić information content (AvgIpc) is 3.81. The van der Waals surface area contributed by atoms with Gasteiger partial charge in [-0.05, 0) is 86.1 Å². The van der Waals surface area contributed by atoms with Gasteiger partial charge in [-0.1, -0.05) is 58.1 Å². The highest BCUT2D eigenvalue weighted by molar-refractivity contribution is 5.70. The molecule has 0 amide bonds. The third-order valence-electron chi connectivity index (χ3n) is 9.65. The Bertz CT molecular complexity index is 1060. The molecular formula is C40H70O10. The molecule has 13 atom stereocenters. The van der Waals surface area contributed by atoms with Gasteiger partial charge in [-0.3, -0.25) is 4.79 Å². The van der Waals surface area contributed by atoms with Crippen LogP contribution in [0.4, 0.5) is 0 Å². The highest BCUT2D eigenvalue weighted by atomic mass is 16.7. The maximum atomic E-state index is 13.3. The van der Waals surface area contributed by atoms with E-state index in [9.17, 15) is 9.90 Å².